The van der Waals surface area contributed by atoms with Gasteiger partial charge in [-0.25, -0.2) is 9.59 Å². The number of nitrogens with one attached hydrogen (secondary N) is 2. The highest BCUT2D eigenvalue weighted by Gasteiger charge is 2.29. The topological polar surface area (TPSA) is 123 Å². The van der Waals surface area contributed by atoms with Gasteiger partial charge in [0, 0.05) is 5.70 Å². The maximum absolute atomic E-state index is 13.2. The van der Waals surface area contributed by atoms with E-state index in [1.807, 2.05) is 0 Å². The number of nitrogens with zero attached hydrogens (tertiary/aromatic N) is 1. The third-order valence-corrected chi connectivity index (χ3v) is 6.19. The summed E-state index contributed by atoms with van der Waals surface area (Å²) in [4.78, 5) is 24.1. The first-order valence-corrected chi connectivity index (χ1v) is 11.2. The van der Waals surface area contributed by atoms with Crippen molar-refractivity contribution in [2.75, 3.05) is 24.4 Å². The van der Waals surface area contributed by atoms with Gasteiger partial charge in [-0.05, 0) is 44.2 Å². The molecule has 0 spiro atoms. The van der Waals surface area contributed by atoms with E-state index in [1.165, 1.54) is 19.2 Å². The summed E-state index contributed by atoms with van der Waals surface area (Å²) in [5, 5.41) is 5.81. The van der Waals surface area contributed by atoms with Gasteiger partial charge in [-0.2, -0.15) is 8.42 Å². The van der Waals surface area contributed by atoms with E-state index in [0.29, 0.717) is 17.1 Å². The SMILES string of the molecule is CCOC(=O)C1=C(C)Nc2ccccc2N/C1=N/S(=O)(=O)c1cc(C(=O)OC)ccc1Cl. The molecule has 0 radical (unpaired) electrons. The Morgan fingerprint density at radius 1 is 1.06 bits per heavy atom. The molecular weight excluding hydrogens is 458 g/mol. The van der Waals surface area contributed by atoms with Gasteiger partial charge in [-0.1, -0.05) is 23.7 Å². The number of esters is 2. The van der Waals surface area contributed by atoms with Gasteiger partial charge >= 0.3 is 11.9 Å². The monoisotopic (exact) mass is 477 g/mol. The highest BCUT2D eigenvalue weighted by Crippen LogP contribution is 2.30. The van der Waals surface area contributed by atoms with Crippen LogP contribution in [0.25, 0.3) is 0 Å². The molecule has 0 aliphatic carbocycles. The van der Waals surface area contributed by atoms with Crippen molar-refractivity contribution in [3.63, 3.8) is 0 Å². The van der Waals surface area contributed by atoms with E-state index in [9.17, 15) is 18.0 Å². The van der Waals surface area contributed by atoms with Crippen molar-refractivity contribution in [3.8, 4) is 0 Å². The molecule has 32 heavy (non-hydrogen) atoms. The lowest BCUT2D eigenvalue weighted by Crippen LogP contribution is -2.25. The zero-order valence-electron chi connectivity index (χ0n) is 17.4. The predicted octanol–water partition coefficient (Wildman–Crippen LogP) is 3.59. The number of methoxy groups -OCH3 is 1. The average Bonchev–Trinajstić information content (AvgIpc) is 2.88. The largest absolute Gasteiger partial charge is 0.465 e. The van der Waals surface area contributed by atoms with Crippen LogP contribution in [-0.4, -0.2) is 39.9 Å². The lowest BCUT2D eigenvalue weighted by atomic mass is 10.2. The van der Waals surface area contributed by atoms with Crippen molar-refractivity contribution in [3.05, 3.63) is 64.3 Å². The van der Waals surface area contributed by atoms with Gasteiger partial charge in [0.05, 0.1) is 35.7 Å². The number of carbonyl (C=O) groups is 2. The number of rotatable bonds is 5. The van der Waals surface area contributed by atoms with Crippen LogP contribution in [0.5, 0.6) is 0 Å². The zero-order chi connectivity index (χ0) is 23.5. The van der Waals surface area contributed by atoms with Gasteiger partial charge in [0.15, 0.2) is 5.84 Å². The van der Waals surface area contributed by atoms with Gasteiger partial charge in [0.25, 0.3) is 10.0 Å². The molecule has 0 aromatic heterocycles. The Balaban J connectivity index is 2.19. The molecule has 2 N–H and O–H groups in total. The molecule has 1 aliphatic heterocycles. The summed E-state index contributed by atoms with van der Waals surface area (Å²) in [6.07, 6.45) is 0. The van der Waals surface area contributed by atoms with Gasteiger partial charge in [-0.15, -0.1) is 4.40 Å². The smallest absolute Gasteiger partial charge is 0.343 e. The molecule has 1 heterocycles. The van der Waals surface area contributed by atoms with Crippen LogP contribution in [0.4, 0.5) is 11.4 Å². The summed E-state index contributed by atoms with van der Waals surface area (Å²) in [5.74, 6) is -1.75. The molecule has 1 aliphatic rings. The number of sulfonamides is 1. The fraction of sp³-hybridized carbons (Fsp3) is 0.190. The third-order valence-electron chi connectivity index (χ3n) is 4.44. The second-order valence-corrected chi connectivity index (χ2v) is 8.55. The summed E-state index contributed by atoms with van der Waals surface area (Å²) in [6.45, 7) is 3.31. The van der Waals surface area contributed by atoms with Crippen molar-refractivity contribution in [2.24, 2.45) is 4.40 Å². The van der Waals surface area contributed by atoms with Gasteiger partial charge in [-0.3, -0.25) is 0 Å². The van der Waals surface area contributed by atoms with Crippen LogP contribution in [0.3, 0.4) is 0 Å². The maximum atomic E-state index is 13.2. The van der Waals surface area contributed by atoms with E-state index in [2.05, 4.69) is 19.8 Å². The Labute approximate surface area is 190 Å². The number of benzene rings is 2. The van der Waals surface area contributed by atoms with Crippen molar-refractivity contribution in [1.82, 2.24) is 0 Å². The summed E-state index contributed by atoms with van der Waals surface area (Å²) >= 11 is 6.10. The Bertz CT molecular complexity index is 1250. The van der Waals surface area contributed by atoms with Crippen LogP contribution in [-0.2, 0) is 24.3 Å². The van der Waals surface area contributed by atoms with E-state index >= 15 is 0 Å². The van der Waals surface area contributed by atoms with E-state index in [-0.39, 0.29) is 28.6 Å². The molecule has 0 amide bonds. The lowest BCUT2D eigenvalue weighted by molar-refractivity contribution is -0.137. The highest BCUT2D eigenvalue weighted by atomic mass is 35.5. The minimum absolute atomic E-state index is 0.0196. The maximum Gasteiger partial charge on any atom is 0.343 e. The first-order chi connectivity index (χ1) is 15.2. The summed E-state index contributed by atoms with van der Waals surface area (Å²) in [7, 11) is -3.29. The molecule has 2 aromatic carbocycles. The van der Waals surface area contributed by atoms with Gasteiger partial charge in [0.2, 0.25) is 0 Å². The Hall–Kier alpha value is -3.37. The average molecular weight is 478 g/mol. The molecule has 0 atom stereocenters. The highest BCUT2D eigenvalue weighted by molar-refractivity contribution is 7.90. The van der Waals surface area contributed by atoms with Gasteiger partial charge < -0.3 is 20.1 Å². The normalized spacial score (nSPS) is 14.7. The van der Waals surface area contributed by atoms with Gasteiger partial charge in [0.1, 0.15) is 10.5 Å². The Kier molecular flexibility index (Phi) is 6.85. The molecule has 0 saturated heterocycles. The number of para-hydroxylation sites is 2. The van der Waals surface area contributed by atoms with E-state index < -0.39 is 26.9 Å². The summed E-state index contributed by atoms with van der Waals surface area (Å²) in [6, 6.07) is 10.6. The first kappa shape index (κ1) is 23.3. The third kappa shape index (κ3) is 4.76. The number of hydrogen-bond acceptors (Lipinski definition) is 7. The van der Waals surface area contributed by atoms with Crippen molar-refractivity contribution in [1.29, 1.82) is 0 Å². The molecule has 0 bridgehead atoms. The fourth-order valence-corrected chi connectivity index (χ4v) is 4.45. The number of fused-ring (bicyclic) bond motifs is 1. The standard InChI is InChI=1S/C21H20ClN3O6S/c1-4-31-21(27)18-12(2)23-15-7-5-6-8-16(15)24-19(18)25-32(28,29)17-11-13(20(26)30-3)9-10-14(17)22/h5-11,23H,4H2,1-3H3,(H,24,25). The van der Waals surface area contributed by atoms with Crippen molar-refractivity contribution < 1.29 is 27.5 Å². The van der Waals surface area contributed by atoms with Crippen LogP contribution in [0.2, 0.25) is 5.02 Å². The molecular formula is C21H20ClN3O6S. The van der Waals surface area contributed by atoms with Crippen molar-refractivity contribution >= 4 is 50.8 Å². The number of amidine groups is 1. The van der Waals surface area contributed by atoms with E-state index in [1.54, 1.807) is 38.1 Å². The molecule has 11 heteroatoms. The first-order valence-electron chi connectivity index (χ1n) is 9.42. The van der Waals surface area contributed by atoms with Crippen LogP contribution < -0.4 is 10.6 Å². The Morgan fingerprint density at radius 2 is 1.72 bits per heavy atom. The quantitative estimate of drug-likeness (QED) is 0.626. The van der Waals surface area contributed by atoms with Crippen molar-refractivity contribution in [2.45, 2.75) is 18.7 Å². The predicted molar refractivity (Wildman–Crippen MR) is 120 cm³/mol. The number of anilines is 2. The van der Waals surface area contributed by atoms with Crippen LogP contribution >= 0.6 is 11.6 Å². The van der Waals surface area contributed by atoms with E-state index in [0.717, 1.165) is 6.07 Å². The number of halogens is 1. The zero-order valence-corrected chi connectivity index (χ0v) is 19.0. The molecule has 0 fully saturated rings. The van der Waals surface area contributed by atoms with Crippen LogP contribution in [0.1, 0.15) is 24.2 Å². The van der Waals surface area contributed by atoms with E-state index in [4.69, 9.17) is 16.3 Å². The lowest BCUT2D eigenvalue weighted by Gasteiger charge is -2.12. The second kappa shape index (κ2) is 9.41. The van der Waals surface area contributed by atoms with Crippen LogP contribution in [0.15, 0.2) is 63.0 Å². The second-order valence-electron chi connectivity index (χ2n) is 6.57. The number of ether oxygens (including phenoxy) is 2. The molecule has 0 saturated carbocycles. The number of allylic oxidation sites excluding steroid dienone is 1. The minimum atomic E-state index is -4.46. The number of carbonyl (C=O) groups excluding carboxylic acids is 2. The molecule has 9 nitrogen and oxygen atoms in total. The summed E-state index contributed by atoms with van der Waals surface area (Å²) in [5.41, 5.74) is 1.33. The Morgan fingerprint density at radius 3 is 2.34 bits per heavy atom. The molecule has 2 aromatic rings. The fourth-order valence-electron chi connectivity index (χ4n) is 2.97. The molecule has 168 valence electrons. The summed E-state index contributed by atoms with van der Waals surface area (Å²) < 4.78 is 40.0. The van der Waals surface area contributed by atoms with Crippen LogP contribution in [0, 0.1) is 0 Å². The number of hydrogen-bond donors (Lipinski definition) is 2. The molecule has 0 unspecified atom stereocenters. The molecule has 3 rings (SSSR count). The minimum Gasteiger partial charge on any atom is -0.465 e.